The van der Waals surface area contributed by atoms with E-state index in [2.05, 4.69) is 4.74 Å². The number of ether oxygens (including phenoxy) is 1. The van der Waals surface area contributed by atoms with Crippen molar-refractivity contribution in [2.45, 2.75) is 58.9 Å². The van der Waals surface area contributed by atoms with Crippen molar-refractivity contribution < 1.29 is 17.9 Å². The Labute approximate surface area is 117 Å². The average molecular weight is 293 g/mol. The summed E-state index contributed by atoms with van der Waals surface area (Å²) in [5.41, 5.74) is 0. The number of hydrogen-bond donors (Lipinski definition) is 0. The molecule has 0 heterocycles. The van der Waals surface area contributed by atoms with E-state index in [0.29, 0.717) is 13.0 Å². The van der Waals surface area contributed by atoms with Crippen LogP contribution in [0.3, 0.4) is 0 Å². The quantitative estimate of drug-likeness (QED) is 0.579. The van der Waals surface area contributed by atoms with Crippen LogP contribution in [0, 0.1) is 0 Å². The smallest absolute Gasteiger partial charge is 0.305 e. The Morgan fingerprint density at radius 1 is 1.26 bits per heavy atom. The maximum absolute atomic E-state index is 12.3. The van der Waals surface area contributed by atoms with Gasteiger partial charge in [0.15, 0.2) is 0 Å². The van der Waals surface area contributed by atoms with Crippen LogP contribution in [0.2, 0.25) is 0 Å². The van der Waals surface area contributed by atoms with Gasteiger partial charge in [0.2, 0.25) is 10.0 Å². The summed E-state index contributed by atoms with van der Waals surface area (Å²) in [4.78, 5) is 11.0. The molecule has 0 saturated heterocycles. The molecule has 0 amide bonds. The van der Waals surface area contributed by atoms with Crippen LogP contribution in [-0.2, 0) is 19.6 Å². The molecule has 1 atom stereocenters. The van der Waals surface area contributed by atoms with Crippen LogP contribution >= 0.6 is 0 Å². The van der Waals surface area contributed by atoms with Crippen LogP contribution < -0.4 is 0 Å². The van der Waals surface area contributed by atoms with Crippen LogP contribution in [-0.4, -0.2) is 44.1 Å². The number of nitrogens with zero attached hydrogens (tertiary/aromatic N) is 1. The standard InChI is InChI=1S/C13H27NO4S/c1-5-7-10-14(12(3)6-2)19(16,17)11-8-9-13(15)18-4/h12H,5-11H2,1-4H3. The fourth-order valence-corrected chi connectivity index (χ4v) is 3.62. The Kier molecular flexibility index (Phi) is 9.01. The molecule has 1 unspecified atom stereocenters. The number of sulfonamides is 1. The number of hydrogen-bond acceptors (Lipinski definition) is 4. The molecule has 0 aliphatic rings. The maximum Gasteiger partial charge on any atom is 0.305 e. The van der Waals surface area contributed by atoms with Crippen LogP contribution in [0.1, 0.15) is 52.9 Å². The van der Waals surface area contributed by atoms with E-state index >= 15 is 0 Å². The van der Waals surface area contributed by atoms with E-state index < -0.39 is 10.0 Å². The maximum atomic E-state index is 12.3. The highest BCUT2D eigenvalue weighted by atomic mass is 32.2. The van der Waals surface area contributed by atoms with Gasteiger partial charge in [-0.2, -0.15) is 4.31 Å². The second-order valence-corrected chi connectivity index (χ2v) is 6.76. The van der Waals surface area contributed by atoms with E-state index in [4.69, 9.17) is 0 Å². The summed E-state index contributed by atoms with van der Waals surface area (Å²) in [7, 11) is -1.98. The number of esters is 1. The third-order valence-corrected chi connectivity index (χ3v) is 5.24. The summed E-state index contributed by atoms with van der Waals surface area (Å²) in [5, 5.41) is 0. The molecule has 6 heteroatoms. The summed E-state index contributed by atoms with van der Waals surface area (Å²) in [6.07, 6.45) is 3.08. The summed E-state index contributed by atoms with van der Waals surface area (Å²) in [6.45, 7) is 6.51. The minimum absolute atomic E-state index is 0.00896. The highest BCUT2D eigenvalue weighted by Crippen LogP contribution is 2.14. The number of carbonyl (C=O) groups excluding carboxylic acids is 1. The first-order valence-corrected chi connectivity index (χ1v) is 8.56. The zero-order valence-corrected chi connectivity index (χ0v) is 13.3. The van der Waals surface area contributed by atoms with E-state index in [0.717, 1.165) is 19.3 Å². The molecule has 0 bridgehead atoms. The zero-order chi connectivity index (χ0) is 14.9. The minimum atomic E-state index is -3.28. The van der Waals surface area contributed by atoms with E-state index in [9.17, 15) is 13.2 Å². The molecule has 5 nitrogen and oxygen atoms in total. The lowest BCUT2D eigenvalue weighted by Crippen LogP contribution is -2.40. The van der Waals surface area contributed by atoms with Gasteiger partial charge in [-0.3, -0.25) is 4.79 Å². The lowest BCUT2D eigenvalue weighted by atomic mass is 10.2. The average Bonchev–Trinajstić information content (AvgIpc) is 2.37. The molecular formula is C13H27NO4S. The second kappa shape index (κ2) is 9.31. The van der Waals surface area contributed by atoms with Gasteiger partial charge in [-0.25, -0.2) is 8.42 Å². The highest BCUT2D eigenvalue weighted by Gasteiger charge is 2.25. The molecular weight excluding hydrogens is 266 g/mol. The van der Waals surface area contributed by atoms with E-state index in [1.807, 2.05) is 20.8 Å². The largest absolute Gasteiger partial charge is 0.469 e. The fourth-order valence-electron chi connectivity index (χ4n) is 1.77. The van der Waals surface area contributed by atoms with Gasteiger partial charge in [-0.05, 0) is 26.2 Å². The Hall–Kier alpha value is -0.620. The molecule has 0 aliphatic carbocycles. The first-order chi connectivity index (χ1) is 8.88. The zero-order valence-electron chi connectivity index (χ0n) is 12.5. The van der Waals surface area contributed by atoms with Crippen molar-refractivity contribution in [2.75, 3.05) is 19.4 Å². The first kappa shape index (κ1) is 18.4. The van der Waals surface area contributed by atoms with Gasteiger partial charge in [-0.1, -0.05) is 20.3 Å². The predicted octanol–water partition coefficient (Wildman–Crippen LogP) is 2.17. The summed E-state index contributed by atoms with van der Waals surface area (Å²) in [5.74, 6) is -0.352. The van der Waals surface area contributed by atoms with Gasteiger partial charge in [0.1, 0.15) is 0 Å². The Bertz CT molecular complexity index is 354. The summed E-state index contributed by atoms with van der Waals surface area (Å²) in [6, 6.07) is 0.00896. The molecule has 19 heavy (non-hydrogen) atoms. The van der Waals surface area contributed by atoms with Crippen molar-refractivity contribution in [3.05, 3.63) is 0 Å². The van der Waals surface area contributed by atoms with Crippen molar-refractivity contribution in [1.82, 2.24) is 4.31 Å². The SMILES string of the molecule is CCCCN(C(C)CC)S(=O)(=O)CCCC(=O)OC. The molecule has 0 fully saturated rings. The van der Waals surface area contributed by atoms with Crippen LogP contribution in [0.4, 0.5) is 0 Å². The second-order valence-electron chi connectivity index (χ2n) is 4.72. The predicted molar refractivity (Wildman–Crippen MR) is 76.4 cm³/mol. The van der Waals surface area contributed by atoms with Crippen LogP contribution in [0.5, 0.6) is 0 Å². The summed E-state index contributed by atoms with van der Waals surface area (Å²) < 4.78 is 30.6. The van der Waals surface area contributed by atoms with E-state index in [1.54, 1.807) is 4.31 Å². The van der Waals surface area contributed by atoms with E-state index in [1.165, 1.54) is 7.11 Å². The molecule has 0 N–H and O–H groups in total. The van der Waals surface area contributed by atoms with Crippen LogP contribution in [0.25, 0.3) is 0 Å². The topological polar surface area (TPSA) is 63.7 Å². The molecule has 0 saturated carbocycles. The number of methoxy groups -OCH3 is 1. The van der Waals surface area contributed by atoms with Crippen molar-refractivity contribution in [2.24, 2.45) is 0 Å². The molecule has 0 aromatic carbocycles. The van der Waals surface area contributed by atoms with Crippen LogP contribution in [0.15, 0.2) is 0 Å². The lowest BCUT2D eigenvalue weighted by molar-refractivity contribution is -0.140. The minimum Gasteiger partial charge on any atom is -0.469 e. The third kappa shape index (κ3) is 6.92. The molecule has 0 aliphatic heterocycles. The molecule has 0 aromatic rings. The third-order valence-electron chi connectivity index (χ3n) is 3.18. The van der Waals surface area contributed by atoms with Gasteiger partial charge >= 0.3 is 5.97 Å². The van der Waals surface area contributed by atoms with Gasteiger partial charge in [0.05, 0.1) is 12.9 Å². The van der Waals surface area contributed by atoms with Crippen molar-refractivity contribution in [3.8, 4) is 0 Å². The van der Waals surface area contributed by atoms with Gasteiger partial charge < -0.3 is 4.74 Å². The number of unbranched alkanes of at least 4 members (excludes halogenated alkanes) is 1. The normalized spacial score (nSPS) is 13.5. The highest BCUT2D eigenvalue weighted by molar-refractivity contribution is 7.89. The van der Waals surface area contributed by atoms with Gasteiger partial charge in [0, 0.05) is 19.0 Å². The Morgan fingerprint density at radius 2 is 1.89 bits per heavy atom. The van der Waals surface area contributed by atoms with E-state index in [-0.39, 0.29) is 24.2 Å². The van der Waals surface area contributed by atoms with Crippen molar-refractivity contribution >= 4 is 16.0 Å². The Balaban J connectivity index is 4.55. The molecule has 114 valence electrons. The Morgan fingerprint density at radius 3 is 2.37 bits per heavy atom. The number of rotatable bonds is 10. The summed E-state index contributed by atoms with van der Waals surface area (Å²) >= 11 is 0. The molecule has 0 rings (SSSR count). The first-order valence-electron chi connectivity index (χ1n) is 6.95. The van der Waals surface area contributed by atoms with Gasteiger partial charge in [0.25, 0.3) is 0 Å². The van der Waals surface area contributed by atoms with Crippen molar-refractivity contribution in [1.29, 1.82) is 0 Å². The molecule has 0 aromatic heterocycles. The monoisotopic (exact) mass is 293 g/mol. The van der Waals surface area contributed by atoms with Gasteiger partial charge in [-0.15, -0.1) is 0 Å². The molecule has 0 radical (unpaired) electrons. The fraction of sp³-hybridized carbons (Fsp3) is 0.923. The van der Waals surface area contributed by atoms with Crippen molar-refractivity contribution in [3.63, 3.8) is 0 Å². The molecule has 0 spiro atoms. The number of carbonyl (C=O) groups is 1. The lowest BCUT2D eigenvalue weighted by Gasteiger charge is -2.27.